The normalized spacial score (nSPS) is 12.8. The third-order valence-electron chi connectivity index (χ3n) is 5.10. The average molecular weight is 497 g/mol. The minimum Gasteiger partial charge on any atom is -0.497 e. The van der Waals surface area contributed by atoms with E-state index in [0.29, 0.717) is 17.4 Å². The molecule has 2 heterocycles. The van der Waals surface area contributed by atoms with Crippen LogP contribution in [-0.4, -0.2) is 16.8 Å². The van der Waals surface area contributed by atoms with Crippen molar-refractivity contribution in [3.8, 4) is 11.5 Å². The molecule has 1 aromatic heterocycles. The first-order chi connectivity index (χ1) is 17.4. The van der Waals surface area contributed by atoms with Crippen molar-refractivity contribution in [1.82, 2.24) is 9.66 Å². The van der Waals surface area contributed by atoms with E-state index in [2.05, 4.69) is 36.5 Å². The molecular formula is C29H44N4O3. The van der Waals surface area contributed by atoms with Gasteiger partial charge in [-0.2, -0.15) is 4.68 Å². The van der Waals surface area contributed by atoms with E-state index in [1.165, 1.54) is 17.2 Å². The molecule has 1 aliphatic heterocycles. The second-order valence-electron chi connectivity index (χ2n) is 8.14. The van der Waals surface area contributed by atoms with Crippen molar-refractivity contribution in [2.45, 2.75) is 74.6 Å². The van der Waals surface area contributed by atoms with E-state index in [1.807, 2.05) is 77.1 Å². The van der Waals surface area contributed by atoms with Crippen LogP contribution >= 0.6 is 0 Å². The zero-order chi connectivity index (χ0) is 27.1. The van der Waals surface area contributed by atoms with Gasteiger partial charge in [0, 0.05) is 12.1 Å². The summed E-state index contributed by atoms with van der Waals surface area (Å²) >= 11 is 0. The second-order valence-corrected chi connectivity index (χ2v) is 8.14. The molecule has 1 atom stereocenters. The molecule has 0 amide bonds. The number of hydrogen-bond donors (Lipinski definition) is 2. The van der Waals surface area contributed by atoms with E-state index in [-0.39, 0.29) is 18.3 Å². The monoisotopic (exact) mass is 496 g/mol. The molecule has 0 bridgehead atoms. The molecule has 0 saturated heterocycles. The maximum absolute atomic E-state index is 12.4. The maximum Gasteiger partial charge on any atom is 0.273 e. The molecule has 1 aliphatic rings. The van der Waals surface area contributed by atoms with Crippen LogP contribution in [0.3, 0.4) is 0 Å². The molecule has 2 N–H and O–H groups in total. The fourth-order valence-electron chi connectivity index (χ4n) is 2.99. The summed E-state index contributed by atoms with van der Waals surface area (Å²) in [5.41, 5.74) is 5.53. The van der Waals surface area contributed by atoms with Crippen molar-refractivity contribution in [2.75, 3.05) is 17.9 Å². The zero-order valence-corrected chi connectivity index (χ0v) is 23.4. The summed E-state index contributed by atoms with van der Waals surface area (Å²) in [6, 6.07) is 16.9. The number of nitrogens with zero attached hydrogens (tertiary/aromatic N) is 2. The van der Waals surface area contributed by atoms with Gasteiger partial charge in [0.2, 0.25) is 5.95 Å². The van der Waals surface area contributed by atoms with E-state index in [1.54, 1.807) is 13.2 Å². The number of aryl methyl sites for hydroxylation is 1. The van der Waals surface area contributed by atoms with Crippen LogP contribution in [0.1, 0.15) is 77.9 Å². The molecule has 4 rings (SSSR count). The number of benzene rings is 2. The number of methoxy groups -OCH3 is 1. The number of fused-ring (bicyclic) bond motifs is 1. The lowest BCUT2D eigenvalue weighted by Crippen LogP contribution is -2.26. The average Bonchev–Trinajstić information content (AvgIpc) is 3.35. The van der Waals surface area contributed by atoms with Gasteiger partial charge in [0.25, 0.3) is 5.56 Å². The van der Waals surface area contributed by atoms with E-state index >= 15 is 0 Å². The lowest BCUT2D eigenvalue weighted by molar-refractivity contribution is 0.298. The Labute approximate surface area is 216 Å². The van der Waals surface area contributed by atoms with Crippen LogP contribution in [0.2, 0.25) is 0 Å². The van der Waals surface area contributed by atoms with Gasteiger partial charge in [-0.15, -0.1) is 0 Å². The molecular weight excluding hydrogens is 452 g/mol. The largest absolute Gasteiger partial charge is 0.497 e. The Morgan fingerprint density at radius 2 is 1.61 bits per heavy atom. The maximum atomic E-state index is 12.4. The van der Waals surface area contributed by atoms with Gasteiger partial charge in [-0.25, -0.2) is 4.98 Å². The molecule has 7 nitrogen and oxygen atoms in total. The zero-order valence-electron chi connectivity index (χ0n) is 23.4. The highest BCUT2D eigenvalue weighted by molar-refractivity contribution is 5.41. The van der Waals surface area contributed by atoms with Gasteiger partial charge in [-0.3, -0.25) is 10.2 Å². The molecule has 2 aromatic carbocycles. The van der Waals surface area contributed by atoms with Crippen LogP contribution in [0.15, 0.2) is 59.4 Å². The number of rotatable bonds is 6. The summed E-state index contributed by atoms with van der Waals surface area (Å²) in [7, 11) is 1.61. The number of ether oxygens (including phenoxy) is 2. The van der Waals surface area contributed by atoms with E-state index in [0.717, 1.165) is 22.8 Å². The predicted octanol–water partition coefficient (Wildman–Crippen LogP) is 6.91. The fourth-order valence-corrected chi connectivity index (χ4v) is 2.99. The first-order valence-corrected chi connectivity index (χ1v) is 12.9. The third-order valence-corrected chi connectivity index (χ3v) is 5.10. The van der Waals surface area contributed by atoms with Crippen LogP contribution in [0.25, 0.3) is 0 Å². The highest BCUT2D eigenvalue weighted by Gasteiger charge is 2.23. The third kappa shape index (κ3) is 9.29. The Balaban J connectivity index is 0.000000634. The van der Waals surface area contributed by atoms with E-state index in [9.17, 15) is 4.79 Å². The molecule has 0 aliphatic carbocycles. The highest BCUT2D eigenvalue weighted by Crippen LogP contribution is 2.24. The summed E-state index contributed by atoms with van der Waals surface area (Å²) in [5.74, 6) is 2.75. The van der Waals surface area contributed by atoms with Gasteiger partial charge in [-0.05, 0) is 36.1 Å². The van der Waals surface area contributed by atoms with E-state index in [4.69, 9.17) is 9.47 Å². The number of anilines is 1. The van der Waals surface area contributed by atoms with Gasteiger partial charge < -0.3 is 14.8 Å². The predicted molar refractivity (Wildman–Crippen MR) is 151 cm³/mol. The van der Waals surface area contributed by atoms with Crippen molar-refractivity contribution in [1.29, 1.82) is 0 Å². The number of nitrogens with one attached hydrogen (secondary N) is 2. The Morgan fingerprint density at radius 3 is 2.19 bits per heavy atom. The van der Waals surface area contributed by atoms with E-state index < -0.39 is 0 Å². The van der Waals surface area contributed by atoms with Crippen molar-refractivity contribution >= 4 is 5.95 Å². The number of hydrogen-bond acceptors (Lipinski definition) is 6. The number of aromatic nitrogens is 2. The topological polar surface area (TPSA) is 77.4 Å². The smallest absolute Gasteiger partial charge is 0.273 e. The molecule has 7 heteroatoms. The standard InChI is InChI=1S/C20H20N4O3.C5H12.2C2H6/c1-13-8-16(26-2)11-17(9-13)27-12-15-10-18(25)24-20(21-15)22-19(23-24)14-6-4-3-5-7-14;1-4-5(2)3;2*1-2/h3-11,19,23H,12H2,1-2H3,(H,21,22);5H,4H2,1-3H3;2*1-2H3. The van der Waals surface area contributed by atoms with Gasteiger partial charge in [0.1, 0.15) is 24.3 Å². The molecule has 36 heavy (non-hydrogen) atoms. The van der Waals surface area contributed by atoms with Crippen molar-refractivity contribution in [3.05, 3.63) is 81.8 Å². The lowest BCUT2D eigenvalue weighted by atomic mass is 10.2. The Bertz CT molecular complexity index is 1080. The Kier molecular flexibility index (Phi) is 13.8. The van der Waals surface area contributed by atoms with Crippen molar-refractivity contribution in [2.24, 2.45) is 5.92 Å². The van der Waals surface area contributed by atoms with Crippen LogP contribution in [0, 0.1) is 12.8 Å². The van der Waals surface area contributed by atoms with Crippen LogP contribution in [-0.2, 0) is 6.61 Å². The van der Waals surface area contributed by atoms with Crippen LogP contribution < -0.4 is 25.8 Å². The quantitative estimate of drug-likeness (QED) is 0.386. The molecule has 1 unspecified atom stereocenters. The lowest BCUT2D eigenvalue weighted by Gasteiger charge is -2.10. The van der Waals surface area contributed by atoms with Gasteiger partial charge >= 0.3 is 0 Å². The summed E-state index contributed by atoms with van der Waals surface area (Å²) in [5, 5.41) is 3.22. The molecule has 3 aromatic rings. The van der Waals surface area contributed by atoms with Crippen molar-refractivity contribution < 1.29 is 9.47 Å². The molecule has 198 valence electrons. The van der Waals surface area contributed by atoms with Gasteiger partial charge in [0.05, 0.1) is 12.8 Å². The minimum absolute atomic E-state index is 0.188. The summed E-state index contributed by atoms with van der Waals surface area (Å²) in [6.07, 6.45) is 1.10. The molecule has 0 fully saturated rings. The summed E-state index contributed by atoms with van der Waals surface area (Å²) in [4.78, 5) is 16.9. The Morgan fingerprint density at radius 1 is 1.00 bits per heavy atom. The summed E-state index contributed by atoms with van der Waals surface area (Å²) in [6.45, 7) is 16.8. The SMILES string of the molecule is CC.CC.CCC(C)C.COc1cc(C)cc(OCc2cc(=O)n3c(n2)NC(c2ccccc2)N3)c1. The first kappa shape index (κ1) is 30.6. The second kappa shape index (κ2) is 16.2. The summed E-state index contributed by atoms with van der Waals surface area (Å²) < 4.78 is 12.5. The molecule has 0 radical (unpaired) electrons. The minimum atomic E-state index is -0.205. The van der Waals surface area contributed by atoms with Gasteiger partial charge in [-0.1, -0.05) is 85.2 Å². The van der Waals surface area contributed by atoms with Crippen molar-refractivity contribution in [3.63, 3.8) is 0 Å². The van der Waals surface area contributed by atoms with Crippen LogP contribution in [0.4, 0.5) is 5.95 Å². The first-order valence-electron chi connectivity index (χ1n) is 12.9. The fraction of sp³-hybridized carbons (Fsp3) is 0.448. The Hall–Kier alpha value is -3.48. The van der Waals surface area contributed by atoms with Gasteiger partial charge in [0.15, 0.2) is 0 Å². The van der Waals surface area contributed by atoms with Crippen LogP contribution in [0.5, 0.6) is 11.5 Å². The molecule has 0 spiro atoms. The molecule has 0 saturated carbocycles. The highest BCUT2D eigenvalue weighted by atomic mass is 16.5.